The number of nitrogens with one attached hydrogen (secondary N) is 3. The van der Waals surface area contributed by atoms with Crippen molar-refractivity contribution in [2.24, 2.45) is 0 Å². The van der Waals surface area contributed by atoms with Gasteiger partial charge in [0.15, 0.2) is 0 Å². The highest BCUT2D eigenvalue weighted by atomic mass is 19.4. The van der Waals surface area contributed by atoms with Gasteiger partial charge >= 0.3 is 6.18 Å². The molecule has 0 radical (unpaired) electrons. The van der Waals surface area contributed by atoms with Crippen LogP contribution in [-0.4, -0.2) is 35.0 Å². The number of hydrogen-bond acceptors (Lipinski definition) is 3. The number of carbonyl (C=O) groups is 1. The summed E-state index contributed by atoms with van der Waals surface area (Å²) in [5, 5.41) is 6.16. The maximum Gasteiger partial charge on any atom is 0.417 e. The van der Waals surface area contributed by atoms with Crippen molar-refractivity contribution in [3.8, 4) is 11.4 Å². The van der Waals surface area contributed by atoms with Crippen molar-refractivity contribution in [2.45, 2.75) is 25.1 Å². The van der Waals surface area contributed by atoms with Gasteiger partial charge in [-0.05, 0) is 56.3 Å². The van der Waals surface area contributed by atoms with Crippen LogP contribution in [0.1, 0.15) is 28.8 Å². The van der Waals surface area contributed by atoms with Gasteiger partial charge in [-0.2, -0.15) is 13.2 Å². The molecule has 0 unspecified atom stereocenters. The number of aromatic amines is 1. The lowest BCUT2D eigenvalue weighted by Gasteiger charge is -2.23. The summed E-state index contributed by atoms with van der Waals surface area (Å²) in [6.07, 6.45) is -3.07. The van der Waals surface area contributed by atoms with Gasteiger partial charge in [0.1, 0.15) is 17.2 Å². The van der Waals surface area contributed by atoms with Crippen molar-refractivity contribution in [2.75, 3.05) is 13.1 Å². The molecule has 0 spiro atoms. The maximum absolute atomic E-state index is 13.7. The van der Waals surface area contributed by atoms with Crippen LogP contribution in [0.4, 0.5) is 17.6 Å². The number of H-pyrrole nitrogens is 1. The summed E-state index contributed by atoms with van der Waals surface area (Å²) in [5.41, 5.74) is -0.507. The van der Waals surface area contributed by atoms with Gasteiger partial charge in [-0.15, -0.1) is 0 Å². The molecule has 1 amide bonds. The lowest BCUT2D eigenvalue weighted by molar-refractivity contribution is -0.137. The van der Waals surface area contributed by atoms with Crippen LogP contribution < -0.4 is 10.6 Å². The Morgan fingerprint density at radius 1 is 1.14 bits per heavy atom. The number of alkyl halides is 3. The van der Waals surface area contributed by atoms with Gasteiger partial charge in [0.2, 0.25) is 0 Å². The first-order valence-electron chi connectivity index (χ1n) is 9.20. The molecule has 0 saturated carbocycles. The van der Waals surface area contributed by atoms with E-state index in [9.17, 15) is 22.4 Å². The van der Waals surface area contributed by atoms with Crippen molar-refractivity contribution in [3.05, 3.63) is 53.3 Å². The average Bonchev–Trinajstić information content (AvgIpc) is 3.12. The number of piperidine rings is 1. The third-order valence-electron chi connectivity index (χ3n) is 4.97. The second kappa shape index (κ2) is 7.47. The topological polar surface area (TPSA) is 69.8 Å². The van der Waals surface area contributed by atoms with E-state index in [1.165, 1.54) is 0 Å². The fraction of sp³-hybridized carbons (Fsp3) is 0.300. The smallest absolute Gasteiger partial charge is 0.349 e. The molecule has 2 aromatic carbocycles. The Kier molecular flexibility index (Phi) is 4.99. The fourth-order valence-electron chi connectivity index (χ4n) is 3.53. The molecule has 29 heavy (non-hydrogen) atoms. The average molecular weight is 406 g/mol. The predicted molar refractivity (Wildman–Crippen MR) is 99.8 cm³/mol. The number of halogens is 4. The molecule has 0 bridgehead atoms. The van der Waals surface area contributed by atoms with Gasteiger partial charge in [0.05, 0.1) is 16.6 Å². The predicted octanol–water partition coefficient (Wildman–Crippen LogP) is 3.87. The first kappa shape index (κ1) is 19.4. The highest BCUT2D eigenvalue weighted by molar-refractivity contribution is 6.05. The van der Waals surface area contributed by atoms with Gasteiger partial charge < -0.3 is 15.6 Å². The zero-order chi connectivity index (χ0) is 20.6. The normalized spacial score (nSPS) is 15.6. The van der Waals surface area contributed by atoms with Gasteiger partial charge in [-0.3, -0.25) is 4.79 Å². The summed E-state index contributed by atoms with van der Waals surface area (Å²) in [6.45, 7) is 1.61. The zero-order valence-corrected chi connectivity index (χ0v) is 15.2. The van der Waals surface area contributed by atoms with Crippen LogP contribution in [0.5, 0.6) is 0 Å². The molecule has 3 aromatic rings. The van der Waals surface area contributed by atoms with Gasteiger partial charge in [0.25, 0.3) is 5.91 Å². The molecule has 1 aromatic heterocycles. The molecule has 1 saturated heterocycles. The fourth-order valence-corrected chi connectivity index (χ4v) is 3.53. The van der Waals surface area contributed by atoms with E-state index in [0.717, 1.165) is 38.1 Å². The zero-order valence-electron chi connectivity index (χ0n) is 15.2. The van der Waals surface area contributed by atoms with Crippen molar-refractivity contribution in [3.63, 3.8) is 0 Å². The molecule has 1 fully saturated rings. The van der Waals surface area contributed by atoms with E-state index < -0.39 is 23.1 Å². The Bertz CT molecular complexity index is 1050. The van der Waals surface area contributed by atoms with E-state index in [1.807, 2.05) is 0 Å². The minimum Gasteiger partial charge on any atom is -0.349 e. The number of aromatic nitrogens is 2. The number of para-hydroxylation sites is 1. The minimum absolute atomic E-state index is 0.0254. The lowest BCUT2D eigenvalue weighted by Crippen LogP contribution is -2.42. The SMILES string of the molecule is O=C(NC1CCNCC1)c1cccc2[nH]c(-c3cc(F)ccc3C(F)(F)F)nc12. The number of fused-ring (bicyclic) bond motifs is 1. The van der Waals surface area contributed by atoms with Crippen molar-refractivity contribution >= 4 is 16.9 Å². The van der Waals surface area contributed by atoms with E-state index in [0.29, 0.717) is 11.6 Å². The van der Waals surface area contributed by atoms with Gasteiger partial charge in [-0.1, -0.05) is 6.07 Å². The number of carbonyl (C=O) groups excluding carboxylic acids is 1. The molecule has 1 aliphatic rings. The Labute approximate surface area is 163 Å². The number of hydrogen-bond donors (Lipinski definition) is 3. The monoisotopic (exact) mass is 406 g/mol. The Hall–Kier alpha value is -2.94. The number of benzene rings is 2. The molecule has 0 aliphatic carbocycles. The van der Waals surface area contributed by atoms with Crippen molar-refractivity contribution < 1.29 is 22.4 Å². The number of imidazole rings is 1. The number of rotatable bonds is 3. The number of amides is 1. The minimum atomic E-state index is -4.67. The van der Waals surface area contributed by atoms with E-state index in [4.69, 9.17) is 0 Å². The first-order chi connectivity index (χ1) is 13.8. The standard InChI is InChI=1S/C20H18F4N4O/c21-11-4-5-15(20(22,23)24)14(10-11)18-27-16-3-1-2-13(17(16)28-18)19(29)26-12-6-8-25-9-7-12/h1-5,10,12,25H,6-9H2,(H,26,29)(H,27,28). The van der Waals surface area contributed by atoms with Crippen LogP contribution in [0.15, 0.2) is 36.4 Å². The molecule has 5 nitrogen and oxygen atoms in total. The van der Waals surface area contributed by atoms with Crippen molar-refractivity contribution in [1.82, 2.24) is 20.6 Å². The van der Waals surface area contributed by atoms with Crippen LogP contribution in [0.25, 0.3) is 22.4 Å². The molecule has 2 heterocycles. The molecule has 152 valence electrons. The quantitative estimate of drug-likeness (QED) is 0.579. The third kappa shape index (κ3) is 3.95. The largest absolute Gasteiger partial charge is 0.417 e. The summed E-state index contributed by atoms with van der Waals surface area (Å²) >= 11 is 0. The number of nitrogens with zero attached hydrogens (tertiary/aromatic N) is 1. The third-order valence-corrected chi connectivity index (χ3v) is 4.97. The summed E-state index contributed by atoms with van der Waals surface area (Å²) in [5.74, 6) is -1.29. The van der Waals surface area contributed by atoms with Crippen molar-refractivity contribution in [1.29, 1.82) is 0 Å². The van der Waals surface area contributed by atoms with Crippen LogP contribution in [0, 0.1) is 5.82 Å². The molecule has 3 N–H and O–H groups in total. The Morgan fingerprint density at radius 3 is 2.62 bits per heavy atom. The lowest BCUT2D eigenvalue weighted by atomic mass is 10.1. The molecule has 9 heteroatoms. The highest BCUT2D eigenvalue weighted by Crippen LogP contribution is 2.37. The second-order valence-corrected chi connectivity index (χ2v) is 6.97. The maximum atomic E-state index is 13.7. The van der Waals surface area contributed by atoms with Crippen LogP contribution in [-0.2, 0) is 6.18 Å². The molecule has 1 aliphatic heterocycles. The van der Waals surface area contributed by atoms with E-state index in [2.05, 4.69) is 20.6 Å². The Balaban J connectivity index is 1.74. The van der Waals surface area contributed by atoms with Gasteiger partial charge in [0, 0.05) is 11.6 Å². The van der Waals surface area contributed by atoms with E-state index >= 15 is 0 Å². The molecule has 4 rings (SSSR count). The summed E-state index contributed by atoms with van der Waals surface area (Å²) < 4.78 is 53.7. The summed E-state index contributed by atoms with van der Waals surface area (Å²) in [6, 6.07) is 7.06. The van der Waals surface area contributed by atoms with Crippen LogP contribution >= 0.6 is 0 Å². The summed E-state index contributed by atoms with van der Waals surface area (Å²) in [4.78, 5) is 19.7. The van der Waals surface area contributed by atoms with E-state index in [-0.39, 0.29) is 28.9 Å². The van der Waals surface area contributed by atoms with Crippen LogP contribution in [0.2, 0.25) is 0 Å². The Morgan fingerprint density at radius 2 is 1.90 bits per heavy atom. The van der Waals surface area contributed by atoms with E-state index in [1.54, 1.807) is 18.2 Å². The molecule has 0 atom stereocenters. The van der Waals surface area contributed by atoms with Gasteiger partial charge in [-0.25, -0.2) is 9.37 Å². The second-order valence-electron chi connectivity index (χ2n) is 6.97. The highest BCUT2D eigenvalue weighted by Gasteiger charge is 2.34. The first-order valence-corrected chi connectivity index (χ1v) is 9.20. The molecular formula is C20H18F4N4O. The molecular weight excluding hydrogens is 388 g/mol. The van der Waals surface area contributed by atoms with Crippen LogP contribution in [0.3, 0.4) is 0 Å². The summed E-state index contributed by atoms with van der Waals surface area (Å²) in [7, 11) is 0.